The third-order valence-corrected chi connectivity index (χ3v) is 4.21. The Balaban J connectivity index is 1.66. The minimum atomic E-state index is -0.299. The van der Waals surface area contributed by atoms with Crippen molar-refractivity contribution in [2.75, 3.05) is 0 Å². The second-order valence-corrected chi connectivity index (χ2v) is 5.91. The van der Waals surface area contributed by atoms with Crippen molar-refractivity contribution in [3.05, 3.63) is 83.1 Å². The van der Waals surface area contributed by atoms with Gasteiger partial charge in [-0.1, -0.05) is 36.4 Å². The van der Waals surface area contributed by atoms with Crippen molar-refractivity contribution in [2.45, 2.75) is 6.61 Å². The fraction of sp³-hybridized carbons (Fsp3) is 0.0526. The first-order valence-electron chi connectivity index (χ1n) is 7.75. The first-order chi connectivity index (χ1) is 12.2. The largest absolute Gasteiger partial charge is 0.485 e. The van der Waals surface area contributed by atoms with E-state index in [1.807, 2.05) is 42.5 Å². The first kappa shape index (κ1) is 15.5. The van der Waals surface area contributed by atoms with E-state index in [-0.39, 0.29) is 12.4 Å². The molecule has 0 bridgehead atoms. The van der Waals surface area contributed by atoms with Gasteiger partial charge in [0.25, 0.3) is 0 Å². The van der Waals surface area contributed by atoms with Crippen LogP contribution in [0.5, 0.6) is 5.75 Å². The highest BCUT2D eigenvalue weighted by atomic mass is 32.1. The zero-order valence-electron chi connectivity index (χ0n) is 13.1. The Labute approximate surface area is 148 Å². The Kier molecular flexibility index (Phi) is 4.03. The first-order valence-corrected chi connectivity index (χ1v) is 8.16. The highest BCUT2D eigenvalue weighted by Crippen LogP contribution is 2.26. The van der Waals surface area contributed by atoms with Crippen LogP contribution >= 0.6 is 12.2 Å². The number of halogens is 1. The molecule has 0 atom stereocenters. The van der Waals surface area contributed by atoms with Crippen molar-refractivity contribution in [3.8, 4) is 11.4 Å². The van der Waals surface area contributed by atoms with Gasteiger partial charge in [-0.2, -0.15) is 5.10 Å². The van der Waals surface area contributed by atoms with E-state index < -0.39 is 0 Å². The van der Waals surface area contributed by atoms with Crippen LogP contribution in [0.3, 0.4) is 0 Å². The fourth-order valence-electron chi connectivity index (χ4n) is 2.75. The van der Waals surface area contributed by atoms with Gasteiger partial charge in [-0.05, 0) is 47.9 Å². The third kappa shape index (κ3) is 3.04. The molecule has 0 saturated heterocycles. The monoisotopic (exact) mass is 351 g/mol. The summed E-state index contributed by atoms with van der Waals surface area (Å²) in [5.41, 5.74) is 0.733. The van der Waals surface area contributed by atoms with Crippen molar-refractivity contribution >= 4 is 23.0 Å². The van der Waals surface area contributed by atoms with Gasteiger partial charge in [-0.3, -0.25) is 9.67 Å². The number of fused-ring (bicyclic) bond motifs is 1. The van der Waals surface area contributed by atoms with E-state index in [4.69, 9.17) is 17.0 Å². The Bertz CT molecular complexity index is 1080. The molecule has 1 N–H and O–H groups in total. The second-order valence-electron chi connectivity index (χ2n) is 5.52. The van der Waals surface area contributed by atoms with E-state index >= 15 is 0 Å². The quantitative estimate of drug-likeness (QED) is 0.537. The highest BCUT2D eigenvalue weighted by molar-refractivity contribution is 7.71. The second kappa shape index (κ2) is 6.49. The SMILES string of the molecule is Fc1ccc(-n2c(COc3cccc4ccccc34)n[nH]c2=S)cc1. The molecule has 6 heteroatoms. The van der Waals surface area contributed by atoms with Crippen LogP contribution in [0.4, 0.5) is 4.39 Å². The molecular formula is C19H14FN3OS. The van der Waals surface area contributed by atoms with Crippen molar-refractivity contribution in [3.63, 3.8) is 0 Å². The summed E-state index contributed by atoms with van der Waals surface area (Å²) in [7, 11) is 0. The summed E-state index contributed by atoms with van der Waals surface area (Å²) >= 11 is 5.29. The van der Waals surface area contributed by atoms with Crippen LogP contribution in [-0.2, 0) is 6.61 Å². The summed E-state index contributed by atoms with van der Waals surface area (Å²) in [6.45, 7) is 0.235. The predicted octanol–water partition coefficient (Wildman–Crippen LogP) is 4.80. The van der Waals surface area contributed by atoms with Crippen LogP contribution < -0.4 is 4.74 Å². The Morgan fingerprint density at radius 2 is 1.76 bits per heavy atom. The number of nitrogens with one attached hydrogen (secondary N) is 1. The average molecular weight is 351 g/mol. The van der Waals surface area contributed by atoms with E-state index in [9.17, 15) is 4.39 Å². The van der Waals surface area contributed by atoms with Gasteiger partial charge < -0.3 is 4.74 Å². The number of hydrogen-bond donors (Lipinski definition) is 1. The molecule has 0 amide bonds. The molecule has 0 aliphatic carbocycles. The molecule has 25 heavy (non-hydrogen) atoms. The van der Waals surface area contributed by atoms with E-state index in [2.05, 4.69) is 10.2 Å². The molecule has 1 heterocycles. The number of benzene rings is 3. The third-order valence-electron chi connectivity index (χ3n) is 3.93. The summed E-state index contributed by atoms with van der Waals surface area (Å²) in [6, 6.07) is 20.0. The van der Waals surface area contributed by atoms with Gasteiger partial charge >= 0.3 is 0 Å². The molecule has 3 aromatic carbocycles. The lowest BCUT2D eigenvalue weighted by atomic mass is 10.1. The number of aromatic amines is 1. The van der Waals surface area contributed by atoms with Gasteiger partial charge in [-0.25, -0.2) is 4.39 Å². The van der Waals surface area contributed by atoms with Crippen molar-refractivity contribution in [2.24, 2.45) is 0 Å². The molecule has 0 aliphatic rings. The zero-order valence-corrected chi connectivity index (χ0v) is 14.0. The summed E-state index contributed by atoms with van der Waals surface area (Å²) in [5.74, 6) is 1.09. The maximum absolute atomic E-state index is 13.2. The topological polar surface area (TPSA) is 42.8 Å². The lowest BCUT2D eigenvalue weighted by molar-refractivity contribution is 0.297. The Morgan fingerprint density at radius 3 is 2.60 bits per heavy atom. The molecule has 124 valence electrons. The molecule has 0 spiro atoms. The Morgan fingerprint density at radius 1 is 1.00 bits per heavy atom. The molecule has 0 aliphatic heterocycles. The molecule has 4 aromatic rings. The number of rotatable bonds is 4. The van der Waals surface area contributed by atoms with Gasteiger partial charge in [0.1, 0.15) is 18.2 Å². The summed E-state index contributed by atoms with van der Waals surface area (Å²) in [5, 5.41) is 9.15. The van der Waals surface area contributed by atoms with Crippen LogP contribution in [-0.4, -0.2) is 14.8 Å². The number of H-pyrrole nitrogens is 1. The van der Waals surface area contributed by atoms with Gasteiger partial charge in [-0.15, -0.1) is 0 Å². The van der Waals surface area contributed by atoms with Gasteiger partial charge in [0.05, 0.1) is 0 Å². The van der Waals surface area contributed by atoms with E-state index in [0.717, 1.165) is 22.2 Å². The van der Waals surface area contributed by atoms with Crippen molar-refractivity contribution in [1.82, 2.24) is 14.8 Å². The van der Waals surface area contributed by atoms with Gasteiger partial charge in [0.2, 0.25) is 0 Å². The smallest absolute Gasteiger partial charge is 0.199 e. The van der Waals surface area contributed by atoms with Gasteiger partial charge in [0, 0.05) is 11.1 Å². The highest BCUT2D eigenvalue weighted by Gasteiger charge is 2.10. The van der Waals surface area contributed by atoms with Gasteiger partial charge in [0.15, 0.2) is 10.6 Å². The standard InChI is InChI=1S/C19H14FN3OS/c20-14-8-10-15(11-9-14)23-18(21-22-19(23)25)12-24-17-7-3-5-13-4-1-2-6-16(13)17/h1-11H,12H2,(H,22,25). The Hall–Kier alpha value is -2.99. The molecule has 0 unspecified atom stereocenters. The molecule has 0 saturated carbocycles. The van der Waals surface area contributed by atoms with Crippen molar-refractivity contribution < 1.29 is 9.13 Å². The van der Waals surface area contributed by atoms with Crippen LogP contribution in [0.2, 0.25) is 0 Å². The summed E-state index contributed by atoms with van der Waals surface area (Å²) < 4.78 is 21.3. The maximum Gasteiger partial charge on any atom is 0.199 e. The van der Waals surface area contributed by atoms with Crippen LogP contribution in [0, 0.1) is 10.6 Å². The number of nitrogens with zero attached hydrogens (tertiary/aromatic N) is 2. The minimum absolute atomic E-state index is 0.235. The molecule has 4 nitrogen and oxygen atoms in total. The van der Waals surface area contributed by atoms with E-state index in [1.165, 1.54) is 12.1 Å². The molecular weight excluding hydrogens is 337 g/mol. The predicted molar refractivity (Wildman–Crippen MR) is 97.0 cm³/mol. The molecule has 0 fully saturated rings. The van der Waals surface area contributed by atoms with Crippen LogP contribution in [0.1, 0.15) is 5.82 Å². The lowest BCUT2D eigenvalue weighted by Crippen LogP contribution is -2.06. The lowest BCUT2D eigenvalue weighted by Gasteiger charge is -2.10. The van der Waals surface area contributed by atoms with E-state index in [0.29, 0.717) is 10.6 Å². The minimum Gasteiger partial charge on any atom is -0.485 e. The van der Waals surface area contributed by atoms with Crippen molar-refractivity contribution in [1.29, 1.82) is 0 Å². The summed E-state index contributed by atoms with van der Waals surface area (Å²) in [4.78, 5) is 0. The average Bonchev–Trinajstić information content (AvgIpc) is 3.01. The van der Waals surface area contributed by atoms with Crippen LogP contribution in [0.25, 0.3) is 16.5 Å². The number of hydrogen-bond acceptors (Lipinski definition) is 3. The molecule has 4 rings (SSSR count). The zero-order chi connectivity index (χ0) is 17.2. The van der Waals surface area contributed by atoms with Crippen LogP contribution in [0.15, 0.2) is 66.7 Å². The summed E-state index contributed by atoms with van der Waals surface area (Å²) in [6.07, 6.45) is 0. The maximum atomic E-state index is 13.2. The molecule has 0 radical (unpaired) electrons. The number of ether oxygens (including phenoxy) is 1. The number of aromatic nitrogens is 3. The van der Waals surface area contributed by atoms with E-state index in [1.54, 1.807) is 16.7 Å². The fourth-order valence-corrected chi connectivity index (χ4v) is 3.00. The normalized spacial score (nSPS) is 10.9. The molecule has 1 aromatic heterocycles.